The molecule has 0 saturated carbocycles. The molecule has 0 aliphatic heterocycles. The Morgan fingerprint density at radius 1 is 1.69 bits per heavy atom. The van der Waals surface area contributed by atoms with Gasteiger partial charge in [-0.2, -0.15) is 5.10 Å². The number of rotatable bonds is 2. The highest BCUT2D eigenvalue weighted by molar-refractivity contribution is 5.75. The fourth-order valence-corrected chi connectivity index (χ4v) is 0.962. The summed E-state index contributed by atoms with van der Waals surface area (Å²) in [5, 5.41) is 4.08. The lowest BCUT2D eigenvalue weighted by Gasteiger charge is -2.10. The summed E-state index contributed by atoms with van der Waals surface area (Å²) in [5.74, 6) is 0.502. The molecule has 1 aromatic heterocycles. The van der Waals surface area contributed by atoms with Gasteiger partial charge in [0.15, 0.2) is 0 Å². The van der Waals surface area contributed by atoms with E-state index in [9.17, 15) is 4.79 Å². The smallest absolute Gasteiger partial charge is 0.243 e. The number of amides is 1. The minimum atomic E-state index is -0.0187. The van der Waals surface area contributed by atoms with Crippen LogP contribution in [0.15, 0.2) is 6.07 Å². The third kappa shape index (κ3) is 2.21. The van der Waals surface area contributed by atoms with Gasteiger partial charge in [-0.3, -0.25) is 4.79 Å². The molecule has 5 nitrogen and oxygen atoms in total. The maximum atomic E-state index is 11.3. The van der Waals surface area contributed by atoms with Crippen LogP contribution in [0.1, 0.15) is 5.69 Å². The molecule has 0 aliphatic rings. The number of anilines is 1. The van der Waals surface area contributed by atoms with Gasteiger partial charge in [-0.15, -0.1) is 0 Å². The van der Waals surface area contributed by atoms with Crippen LogP contribution in [0.5, 0.6) is 0 Å². The number of aryl methyl sites for hydroxylation is 1. The molecule has 0 atom stereocenters. The number of hydrogen-bond donors (Lipinski definition) is 1. The molecular weight excluding hydrogens is 168 g/mol. The van der Waals surface area contributed by atoms with Crippen molar-refractivity contribution in [3.63, 3.8) is 0 Å². The molecule has 1 amide bonds. The maximum absolute atomic E-state index is 11.3. The van der Waals surface area contributed by atoms with Crippen LogP contribution in [0.25, 0.3) is 0 Å². The molecule has 0 saturated heterocycles. The van der Waals surface area contributed by atoms with Gasteiger partial charge in [0.2, 0.25) is 5.91 Å². The van der Waals surface area contributed by atoms with E-state index in [1.807, 2.05) is 6.92 Å². The molecule has 5 heteroatoms. The van der Waals surface area contributed by atoms with E-state index in [1.165, 1.54) is 9.58 Å². The number of aromatic nitrogens is 2. The van der Waals surface area contributed by atoms with Gasteiger partial charge in [0.1, 0.15) is 12.4 Å². The Morgan fingerprint density at radius 2 is 2.31 bits per heavy atom. The first-order chi connectivity index (χ1) is 6.00. The van der Waals surface area contributed by atoms with Crippen molar-refractivity contribution in [3.8, 4) is 0 Å². The molecule has 2 N–H and O–H groups in total. The number of likely N-dealkylation sites (N-methyl/N-ethyl adjacent to an activating group) is 1. The number of carbonyl (C=O) groups is 1. The van der Waals surface area contributed by atoms with Crippen LogP contribution in [0.2, 0.25) is 0 Å². The Morgan fingerprint density at radius 3 is 2.69 bits per heavy atom. The quantitative estimate of drug-likeness (QED) is 0.692. The van der Waals surface area contributed by atoms with Crippen molar-refractivity contribution in [3.05, 3.63) is 11.8 Å². The minimum absolute atomic E-state index is 0.0187. The molecule has 0 bridgehead atoms. The molecule has 0 unspecified atom stereocenters. The van der Waals surface area contributed by atoms with E-state index < -0.39 is 0 Å². The topological polar surface area (TPSA) is 64.2 Å². The summed E-state index contributed by atoms with van der Waals surface area (Å²) < 4.78 is 1.50. The maximum Gasteiger partial charge on any atom is 0.243 e. The first kappa shape index (κ1) is 9.57. The molecule has 1 heterocycles. The summed E-state index contributed by atoms with van der Waals surface area (Å²) in [6, 6.07) is 1.74. The van der Waals surface area contributed by atoms with E-state index in [-0.39, 0.29) is 12.5 Å². The molecule has 72 valence electrons. The molecule has 0 spiro atoms. The standard InChI is InChI=1S/C8H14N4O/c1-6-4-7(9)12(10-6)5-8(13)11(2)3/h4H,5,9H2,1-3H3. The monoisotopic (exact) mass is 182 g/mol. The molecule has 0 aliphatic carbocycles. The van der Waals surface area contributed by atoms with Crippen LogP contribution in [0.3, 0.4) is 0 Å². The normalized spacial score (nSPS) is 10.1. The van der Waals surface area contributed by atoms with Crippen molar-refractivity contribution in [2.24, 2.45) is 0 Å². The summed E-state index contributed by atoms with van der Waals surface area (Å²) in [6.07, 6.45) is 0. The molecule has 1 rings (SSSR count). The van der Waals surface area contributed by atoms with Crippen LogP contribution in [-0.4, -0.2) is 34.7 Å². The molecule has 0 fully saturated rings. The number of nitrogens with zero attached hydrogens (tertiary/aromatic N) is 3. The van der Waals surface area contributed by atoms with Crippen molar-refractivity contribution in [1.82, 2.24) is 14.7 Å². The zero-order valence-electron chi connectivity index (χ0n) is 8.11. The predicted octanol–water partition coefficient (Wildman–Crippen LogP) is -0.138. The van der Waals surface area contributed by atoms with Gasteiger partial charge in [-0.05, 0) is 6.92 Å². The average Bonchev–Trinajstić information content (AvgIpc) is 2.30. The number of hydrogen-bond acceptors (Lipinski definition) is 3. The fraction of sp³-hybridized carbons (Fsp3) is 0.500. The van der Waals surface area contributed by atoms with Gasteiger partial charge in [-0.25, -0.2) is 4.68 Å². The van der Waals surface area contributed by atoms with Gasteiger partial charge in [0.25, 0.3) is 0 Å². The van der Waals surface area contributed by atoms with E-state index in [2.05, 4.69) is 5.10 Å². The lowest BCUT2D eigenvalue weighted by atomic mass is 10.5. The zero-order valence-corrected chi connectivity index (χ0v) is 8.11. The Labute approximate surface area is 77.1 Å². The summed E-state index contributed by atoms with van der Waals surface area (Å²) in [6.45, 7) is 2.04. The van der Waals surface area contributed by atoms with Crippen molar-refractivity contribution in [2.45, 2.75) is 13.5 Å². The van der Waals surface area contributed by atoms with Gasteiger partial charge >= 0.3 is 0 Å². The van der Waals surface area contributed by atoms with Crippen LogP contribution < -0.4 is 5.73 Å². The Kier molecular flexibility index (Phi) is 2.55. The Balaban J connectivity index is 2.74. The number of nitrogens with two attached hydrogens (primary N) is 1. The first-order valence-electron chi connectivity index (χ1n) is 4.01. The summed E-state index contributed by atoms with van der Waals surface area (Å²) in [5.41, 5.74) is 6.44. The van der Waals surface area contributed by atoms with Crippen molar-refractivity contribution in [2.75, 3.05) is 19.8 Å². The first-order valence-corrected chi connectivity index (χ1v) is 4.01. The van der Waals surface area contributed by atoms with Crippen molar-refractivity contribution >= 4 is 11.7 Å². The van der Waals surface area contributed by atoms with Gasteiger partial charge in [0, 0.05) is 20.2 Å². The second-order valence-corrected chi connectivity index (χ2v) is 3.16. The minimum Gasteiger partial charge on any atom is -0.384 e. The van der Waals surface area contributed by atoms with Crippen LogP contribution in [0.4, 0.5) is 5.82 Å². The highest BCUT2D eigenvalue weighted by Crippen LogP contribution is 2.04. The van der Waals surface area contributed by atoms with Crippen molar-refractivity contribution in [1.29, 1.82) is 0 Å². The summed E-state index contributed by atoms with van der Waals surface area (Å²) in [7, 11) is 3.41. The largest absolute Gasteiger partial charge is 0.384 e. The van der Waals surface area contributed by atoms with Crippen LogP contribution in [-0.2, 0) is 11.3 Å². The molecular formula is C8H14N4O. The highest BCUT2D eigenvalue weighted by atomic mass is 16.2. The third-order valence-electron chi connectivity index (χ3n) is 1.72. The Hall–Kier alpha value is -1.52. The van der Waals surface area contributed by atoms with E-state index in [0.717, 1.165) is 5.69 Å². The number of nitrogen functional groups attached to an aromatic ring is 1. The predicted molar refractivity (Wildman–Crippen MR) is 50.1 cm³/mol. The third-order valence-corrected chi connectivity index (χ3v) is 1.72. The summed E-state index contributed by atoms with van der Waals surface area (Å²) >= 11 is 0. The second-order valence-electron chi connectivity index (χ2n) is 3.16. The highest BCUT2D eigenvalue weighted by Gasteiger charge is 2.08. The van der Waals surface area contributed by atoms with Crippen molar-refractivity contribution < 1.29 is 4.79 Å². The lowest BCUT2D eigenvalue weighted by Crippen LogP contribution is -2.27. The molecule has 0 radical (unpaired) electrons. The summed E-state index contributed by atoms with van der Waals surface area (Å²) in [4.78, 5) is 12.8. The van der Waals surface area contributed by atoms with Crippen LogP contribution >= 0.6 is 0 Å². The molecule has 13 heavy (non-hydrogen) atoms. The van der Waals surface area contributed by atoms with Gasteiger partial charge in [-0.1, -0.05) is 0 Å². The van der Waals surface area contributed by atoms with Gasteiger partial charge < -0.3 is 10.6 Å². The fourth-order valence-electron chi connectivity index (χ4n) is 0.962. The SMILES string of the molecule is Cc1cc(N)n(CC(=O)N(C)C)n1. The van der Waals surface area contributed by atoms with E-state index >= 15 is 0 Å². The van der Waals surface area contributed by atoms with E-state index in [1.54, 1.807) is 20.2 Å². The van der Waals surface area contributed by atoms with Crippen LogP contribution in [0, 0.1) is 6.92 Å². The van der Waals surface area contributed by atoms with E-state index in [0.29, 0.717) is 5.82 Å². The zero-order chi connectivity index (χ0) is 10.0. The molecule has 1 aromatic rings. The van der Waals surface area contributed by atoms with Gasteiger partial charge in [0.05, 0.1) is 5.69 Å². The van der Waals surface area contributed by atoms with E-state index in [4.69, 9.17) is 5.73 Å². The average molecular weight is 182 g/mol. The lowest BCUT2D eigenvalue weighted by molar-refractivity contribution is -0.129. The Bertz CT molecular complexity index is 316. The number of carbonyl (C=O) groups excluding carboxylic acids is 1. The second kappa shape index (κ2) is 3.47. The molecule has 0 aromatic carbocycles.